The fraction of sp³-hybridized carbons (Fsp3) is 0.333. The van der Waals surface area contributed by atoms with Gasteiger partial charge < -0.3 is 4.57 Å². The molecule has 1 heterocycles. The summed E-state index contributed by atoms with van der Waals surface area (Å²) in [5, 5.41) is 3.80. The molecule has 0 aliphatic rings. The zero-order chi connectivity index (χ0) is 9.68. The number of rotatable bonds is 3. The van der Waals surface area contributed by atoms with E-state index < -0.39 is 0 Å². The van der Waals surface area contributed by atoms with Crippen LogP contribution in [-0.4, -0.2) is 16.7 Å². The van der Waals surface area contributed by atoms with E-state index in [2.05, 4.69) is 10.5 Å². The minimum absolute atomic E-state index is 0.0783. The molecule has 1 aromatic heterocycles. The van der Waals surface area contributed by atoms with Crippen LogP contribution in [0.1, 0.15) is 19.0 Å². The number of aryl methyl sites for hydroxylation is 1. The fourth-order valence-corrected chi connectivity index (χ4v) is 0.858. The number of carbonyl (C=O) groups excluding carboxylic acids is 1. The summed E-state index contributed by atoms with van der Waals surface area (Å²) in [5.74, 6) is -0.0783. The van der Waals surface area contributed by atoms with Crippen LogP contribution < -0.4 is 5.43 Å². The van der Waals surface area contributed by atoms with Gasteiger partial charge in [0.2, 0.25) is 5.91 Å². The van der Waals surface area contributed by atoms with Crippen molar-refractivity contribution in [2.24, 2.45) is 12.1 Å². The van der Waals surface area contributed by atoms with Crippen LogP contribution in [-0.2, 0) is 11.8 Å². The van der Waals surface area contributed by atoms with Crippen molar-refractivity contribution in [3.63, 3.8) is 0 Å². The van der Waals surface area contributed by atoms with Crippen molar-refractivity contribution in [1.29, 1.82) is 0 Å². The molecular weight excluding hydrogens is 166 g/mol. The molecule has 4 nitrogen and oxygen atoms in total. The maximum absolute atomic E-state index is 10.8. The SMILES string of the molecule is CCC(=O)N/N=C/c1cccn1C. The van der Waals surface area contributed by atoms with Gasteiger partial charge in [0.25, 0.3) is 0 Å². The van der Waals surface area contributed by atoms with Crippen molar-refractivity contribution in [3.8, 4) is 0 Å². The molecule has 70 valence electrons. The van der Waals surface area contributed by atoms with Crippen LogP contribution in [0.3, 0.4) is 0 Å². The average molecular weight is 179 g/mol. The molecule has 1 aromatic rings. The second-order valence-electron chi connectivity index (χ2n) is 2.69. The molecule has 0 bridgehead atoms. The molecule has 0 saturated carbocycles. The molecular formula is C9H13N3O. The number of hydrogen-bond acceptors (Lipinski definition) is 2. The highest BCUT2D eigenvalue weighted by Gasteiger charge is 1.93. The summed E-state index contributed by atoms with van der Waals surface area (Å²) in [4.78, 5) is 10.8. The van der Waals surface area contributed by atoms with E-state index in [4.69, 9.17) is 0 Å². The van der Waals surface area contributed by atoms with Gasteiger partial charge >= 0.3 is 0 Å². The summed E-state index contributed by atoms with van der Waals surface area (Å²) in [6, 6.07) is 3.84. The lowest BCUT2D eigenvalue weighted by atomic mass is 10.5. The zero-order valence-corrected chi connectivity index (χ0v) is 7.82. The molecule has 0 radical (unpaired) electrons. The summed E-state index contributed by atoms with van der Waals surface area (Å²) in [7, 11) is 1.92. The predicted octanol–water partition coefficient (Wildman–Crippen LogP) is 0.885. The summed E-state index contributed by atoms with van der Waals surface area (Å²) in [5.41, 5.74) is 3.37. The molecule has 0 aliphatic heterocycles. The minimum Gasteiger partial charge on any atom is -0.350 e. The normalized spacial score (nSPS) is 10.6. The predicted molar refractivity (Wildman–Crippen MR) is 51.4 cm³/mol. The van der Waals surface area contributed by atoms with Crippen LogP contribution in [0.2, 0.25) is 0 Å². The second-order valence-corrected chi connectivity index (χ2v) is 2.69. The van der Waals surface area contributed by atoms with E-state index in [1.54, 1.807) is 13.1 Å². The average Bonchev–Trinajstić information content (AvgIpc) is 2.52. The lowest BCUT2D eigenvalue weighted by Gasteiger charge is -1.96. The Morgan fingerprint density at radius 2 is 2.54 bits per heavy atom. The first-order valence-electron chi connectivity index (χ1n) is 4.17. The Morgan fingerprint density at radius 3 is 3.08 bits per heavy atom. The Bertz CT molecular complexity index is 314. The van der Waals surface area contributed by atoms with Crippen LogP contribution in [0.5, 0.6) is 0 Å². The molecule has 0 unspecified atom stereocenters. The summed E-state index contributed by atoms with van der Waals surface area (Å²) < 4.78 is 1.92. The first kappa shape index (κ1) is 9.51. The van der Waals surface area contributed by atoms with Crippen LogP contribution in [0, 0.1) is 0 Å². The highest BCUT2D eigenvalue weighted by Crippen LogP contribution is 1.94. The third kappa shape index (κ3) is 2.74. The van der Waals surface area contributed by atoms with Crippen molar-refractivity contribution >= 4 is 12.1 Å². The fourth-order valence-electron chi connectivity index (χ4n) is 0.858. The molecule has 13 heavy (non-hydrogen) atoms. The highest BCUT2D eigenvalue weighted by molar-refractivity contribution is 5.80. The maximum Gasteiger partial charge on any atom is 0.239 e. The lowest BCUT2D eigenvalue weighted by Crippen LogP contribution is -2.15. The molecule has 1 N–H and O–H groups in total. The van der Waals surface area contributed by atoms with E-state index in [1.165, 1.54) is 0 Å². The van der Waals surface area contributed by atoms with Crippen LogP contribution in [0.15, 0.2) is 23.4 Å². The van der Waals surface area contributed by atoms with Crippen LogP contribution in [0.25, 0.3) is 0 Å². The van der Waals surface area contributed by atoms with Crippen LogP contribution in [0.4, 0.5) is 0 Å². The topological polar surface area (TPSA) is 46.4 Å². The van der Waals surface area contributed by atoms with E-state index in [-0.39, 0.29) is 5.91 Å². The van der Waals surface area contributed by atoms with Gasteiger partial charge in [0, 0.05) is 19.7 Å². The van der Waals surface area contributed by atoms with Crippen LogP contribution >= 0.6 is 0 Å². The Kier molecular flexibility index (Phi) is 3.25. The van der Waals surface area contributed by atoms with Gasteiger partial charge in [0.05, 0.1) is 11.9 Å². The van der Waals surface area contributed by atoms with Crippen molar-refractivity contribution in [2.45, 2.75) is 13.3 Å². The monoisotopic (exact) mass is 179 g/mol. The van der Waals surface area contributed by atoms with Gasteiger partial charge in [-0.05, 0) is 12.1 Å². The Labute approximate surface area is 77.3 Å². The largest absolute Gasteiger partial charge is 0.350 e. The molecule has 0 fully saturated rings. The molecule has 1 rings (SSSR count). The summed E-state index contributed by atoms with van der Waals surface area (Å²) in [6.07, 6.45) is 3.99. The van der Waals surface area contributed by atoms with Crippen molar-refractivity contribution in [2.75, 3.05) is 0 Å². The highest BCUT2D eigenvalue weighted by atomic mass is 16.2. The van der Waals surface area contributed by atoms with Gasteiger partial charge in [-0.15, -0.1) is 0 Å². The van der Waals surface area contributed by atoms with Gasteiger partial charge in [0.1, 0.15) is 0 Å². The number of hydrazone groups is 1. The number of nitrogens with zero attached hydrogens (tertiary/aromatic N) is 2. The summed E-state index contributed by atoms with van der Waals surface area (Å²) in [6.45, 7) is 1.79. The molecule has 4 heteroatoms. The molecule has 0 saturated heterocycles. The van der Waals surface area contributed by atoms with E-state index >= 15 is 0 Å². The van der Waals surface area contributed by atoms with Gasteiger partial charge in [0.15, 0.2) is 0 Å². The van der Waals surface area contributed by atoms with Crippen molar-refractivity contribution in [3.05, 3.63) is 24.0 Å². The molecule has 1 amide bonds. The summed E-state index contributed by atoms with van der Waals surface area (Å²) >= 11 is 0. The van der Waals surface area contributed by atoms with Crippen molar-refractivity contribution in [1.82, 2.24) is 9.99 Å². The number of amides is 1. The standard InChI is InChI=1S/C9H13N3O/c1-3-9(13)11-10-7-8-5-4-6-12(8)2/h4-7H,3H2,1-2H3,(H,11,13)/b10-7+. The number of carbonyl (C=O) groups is 1. The Hall–Kier alpha value is -1.58. The Balaban J connectivity index is 2.50. The molecule has 0 spiro atoms. The zero-order valence-electron chi connectivity index (χ0n) is 7.82. The quantitative estimate of drug-likeness (QED) is 0.543. The second kappa shape index (κ2) is 4.45. The van der Waals surface area contributed by atoms with E-state index in [1.807, 2.05) is 29.9 Å². The van der Waals surface area contributed by atoms with E-state index in [9.17, 15) is 4.79 Å². The van der Waals surface area contributed by atoms with Gasteiger partial charge in [-0.25, -0.2) is 5.43 Å². The first-order chi connectivity index (χ1) is 6.24. The van der Waals surface area contributed by atoms with Gasteiger partial charge in [-0.2, -0.15) is 5.10 Å². The third-order valence-corrected chi connectivity index (χ3v) is 1.69. The molecule has 0 aromatic carbocycles. The Morgan fingerprint density at radius 1 is 1.77 bits per heavy atom. The first-order valence-corrected chi connectivity index (χ1v) is 4.17. The molecule has 0 aliphatic carbocycles. The van der Waals surface area contributed by atoms with E-state index in [0.29, 0.717) is 6.42 Å². The van der Waals surface area contributed by atoms with Gasteiger partial charge in [-0.1, -0.05) is 6.92 Å². The smallest absolute Gasteiger partial charge is 0.239 e. The van der Waals surface area contributed by atoms with Gasteiger partial charge in [-0.3, -0.25) is 4.79 Å². The lowest BCUT2D eigenvalue weighted by molar-refractivity contribution is -0.120. The van der Waals surface area contributed by atoms with E-state index in [0.717, 1.165) is 5.69 Å². The molecule has 0 atom stereocenters. The third-order valence-electron chi connectivity index (χ3n) is 1.69. The maximum atomic E-state index is 10.8. The minimum atomic E-state index is -0.0783. The van der Waals surface area contributed by atoms with Crippen molar-refractivity contribution < 1.29 is 4.79 Å². The number of aromatic nitrogens is 1. The number of nitrogens with one attached hydrogen (secondary N) is 1. The number of hydrogen-bond donors (Lipinski definition) is 1.